The number of carbonyl (C=O) groups excluding carboxylic acids is 1. The normalized spacial score (nSPS) is 13.1. The summed E-state index contributed by atoms with van der Waals surface area (Å²) in [5.41, 5.74) is 4.11. The van der Waals surface area contributed by atoms with Crippen molar-refractivity contribution in [2.75, 3.05) is 7.05 Å². The predicted molar refractivity (Wildman–Crippen MR) is 115 cm³/mol. The Balaban J connectivity index is 2.02. The van der Waals surface area contributed by atoms with Gasteiger partial charge in [-0.2, -0.15) is 26.3 Å². The molecule has 3 rings (SSSR count). The lowest BCUT2D eigenvalue weighted by Crippen LogP contribution is -2.30. The van der Waals surface area contributed by atoms with Crippen molar-refractivity contribution in [3.8, 4) is 10.6 Å². The molecule has 0 fully saturated rings. The molecule has 2 aromatic carbocycles. The summed E-state index contributed by atoms with van der Waals surface area (Å²) in [6.07, 6.45) is -9.64. The first kappa shape index (κ1) is 25.6. The molecular weight excluding hydrogens is 482 g/mol. The standard InChI is InChI=1S/C22H20F6N4OS/c1-12(33)32(2)18(7-13-3-5-14(11-29)6-4-13)20-31-30-19(34-20)15-8-16(21(23,24)25)10-17(9-15)22(26,27)28/h3-6,8-10,18H,7,11,29H2,1-2H3. The zero-order chi connectivity index (χ0) is 25.3. The van der Waals surface area contributed by atoms with Crippen LogP contribution in [0, 0.1) is 0 Å². The lowest BCUT2D eigenvalue weighted by molar-refractivity contribution is -0.143. The Morgan fingerprint density at radius 1 is 0.971 bits per heavy atom. The summed E-state index contributed by atoms with van der Waals surface area (Å²) in [5.74, 6) is -0.293. The number of alkyl halides is 6. The molecule has 1 unspecified atom stereocenters. The smallest absolute Gasteiger partial charge is 0.336 e. The van der Waals surface area contributed by atoms with Gasteiger partial charge in [-0.25, -0.2) is 0 Å². The topological polar surface area (TPSA) is 72.1 Å². The summed E-state index contributed by atoms with van der Waals surface area (Å²) in [6, 6.07) is 7.95. The second kappa shape index (κ2) is 9.71. The number of aromatic nitrogens is 2. The molecule has 0 aliphatic carbocycles. The number of rotatable bonds is 6. The van der Waals surface area contributed by atoms with Crippen LogP contribution in [-0.2, 0) is 30.1 Å². The summed E-state index contributed by atoms with van der Waals surface area (Å²) in [5, 5.41) is 8.01. The second-order valence-electron chi connectivity index (χ2n) is 7.61. The Morgan fingerprint density at radius 2 is 1.50 bits per heavy atom. The summed E-state index contributed by atoms with van der Waals surface area (Å²) >= 11 is 0.835. The zero-order valence-electron chi connectivity index (χ0n) is 18.0. The van der Waals surface area contributed by atoms with Gasteiger partial charge in [0.15, 0.2) is 0 Å². The van der Waals surface area contributed by atoms with Crippen molar-refractivity contribution in [2.24, 2.45) is 5.73 Å². The van der Waals surface area contributed by atoms with Gasteiger partial charge in [-0.3, -0.25) is 4.79 Å². The number of benzene rings is 2. The summed E-state index contributed by atoms with van der Waals surface area (Å²) in [6.45, 7) is 1.70. The van der Waals surface area contributed by atoms with Crippen LogP contribution in [0.1, 0.15) is 40.2 Å². The number of amides is 1. The fourth-order valence-corrected chi connectivity index (χ4v) is 4.18. The largest absolute Gasteiger partial charge is 0.416 e. The average molecular weight is 502 g/mol. The molecule has 1 amide bonds. The van der Waals surface area contributed by atoms with Gasteiger partial charge in [0.25, 0.3) is 0 Å². The van der Waals surface area contributed by atoms with Crippen LogP contribution in [-0.4, -0.2) is 28.1 Å². The Morgan fingerprint density at radius 3 is 1.97 bits per heavy atom. The average Bonchev–Trinajstić information content (AvgIpc) is 3.26. The molecule has 0 aliphatic rings. The van der Waals surface area contributed by atoms with Crippen LogP contribution in [0.25, 0.3) is 10.6 Å². The maximum absolute atomic E-state index is 13.2. The minimum atomic E-state index is -4.98. The molecule has 182 valence electrons. The van der Waals surface area contributed by atoms with E-state index in [2.05, 4.69) is 10.2 Å². The third-order valence-electron chi connectivity index (χ3n) is 5.21. The van der Waals surface area contributed by atoms with Crippen molar-refractivity contribution >= 4 is 17.2 Å². The van der Waals surface area contributed by atoms with Gasteiger partial charge in [-0.05, 0) is 35.7 Å². The van der Waals surface area contributed by atoms with Crippen LogP contribution in [0.2, 0.25) is 0 Å². The first-order valence-electron chi connectivity index (χ1n) is 9.94. The van der Waals surface area contributed by atoms with Crippen LogP contribution < -0.4 is 5.73 Å². The van der Waals surface area contributed by atoms with Crippen molar-refractivity contribution < 1.29 is 31.1 Å². The molecular formula is C22H20F6N4OS. The van der Waals surface area contributed by atoms with Gasteiger partial charge in [0.2, 0.25) is 5.91 Å². The van der Waals surface area contributed by atoms with Crippen LogP contribution in [0.15, 0.2) is 42.5 Å². The van der Waals surface area contributed by atoms with E-state index in [0.29, 0.717) is 25.1 Å². The lowest BCUT2D eigenvalue weighted by Gasteiger charge is -2.25. The Bertz CT molecular complexity index is 1130. The third kappa shape index (κ3) is 5.92. The van der Waals surface area contributed by atoms with E-state index in [1.165, 1.54) is 18.9 Å². The quantitative estimate of drug-likeness (QED) is 0.454. The molecule has 1 heterocycles. The van der Waals surface area contributed by atoms with E-state index in [9.17, 15) is 31.1 Å². The molecule has 3 aromatic rings. The number of halogens is 6. The van der Waals surface area contributed by atoms with E-state index in [1.54, 1.807) is 0 Å². The van der Waals surface area contributed by atoms with Crippen molar-refractivity contribution in [3.05, 3.63) is 69.7 Å². The van der Waals surface area contributed by atoms with Crippen LogP contribution in [0.4, 0.5) is 26.3 Å². The van der Waals surface area contributed by atoms with Gasteiger partial charge >= 0.3 is 12.4 Å². The maximum atomic E-state index is 13.2. The molecule has 0 saturated carbocycles. The first-order valence-corrected chi connectivity index (χ1v) is 10.8. The van der Waals surface area contributed by atoms with E-state index in [1.807, 2.05) is 24.3 Å². The van der Waals surface area contributed by atoms with Crippen molar-refractivity contribution in [3.63, 3.8) is 0 Å². The third-order valence-corrected chi connectivity index (χ3v) is 6.29. The summed E-state index contributed by atoms with van der Waals surface area (Å²) in [7, 11) is 1.54. The van der Waals surface area contributed by atoms with Crippen LogP contribution in [0.5, 0.6) is 0 Å². The molecule has 34 heavy (non-hydrogen) atoms. The molecule has 0 saturated heterocycles. The van der Waals surface area contributed by atoms with Crippen LogP contribution in [0.3, 0.4) is 0 Å². The molecule has 2 N–H and O–H groups in total. The van der Waals surface area contributed by atoms with Gasteiger partial charge in [0.1, 0.15) is 10.0 Å². The number of hydrogen-bond donors (Lipinski definition) is 1. The molecule has 12 heteroatoms. The Kier molecular flexibility index (Phi) is 7.32. The highest BCUT2D eigenvalue weighted by atomic mass is 32.1. The minimum absolute atomic E-state index is 0.0583. The monoisotopic (exact) mass is 502 g/mol. The molecule has 0 aliphatic heterocycles. The maximum Gasteiger partial charge on any atom is 0.416 e. The molecule has 0 spiro atoms. The molecule has 1 atom stereocenters. The Labute approximate surface area is 195 Å². The highest BCUT2D eigenvalue weighted by Gasteiger charge is 2.37. The van der Waals surface area contributed by atoms with E-state index in [4.69, 9.17) is 5.73 Å². The minimum Gasteiger partial charge on any atom is -0.336 e. The number of nitrogens with zero attached hydrogens (tertiary/aromatic N) is 3. The SMILES string of the molecule is CC(=O)N(C)C(Cc1ccc(CN)cc1)c1nnc(-c2cc(C(F)(F)F)cc(C(F)(F)F)c2)s1. The summed E-state index contributed by atoms with van der Waals surface area (Å²) < 4.78 is 79.3. The van der Waals surface area contributed by atoms with Crippen molar-refractivity contribution in [1.29, 1.82) is 0 Å². The second-order valence-corrected chi connectivity index (χ2v) is 8.62. The van der Waals surface area contributed by atoms with E-state index >= 15 is 0 Å². The molecule has 5 nitrogen and oxygen atoms in total. The van der Waals surface area contributed by atoms with Gasteiger partial charge in [-0.1, -0.05) is 35.6 Å². The first-order chi connectivity index (χ1) is 15.8. The van der Waals surface area contributed by atoms with E-state index in [0.717, 1.165) is 22.5 Å². The zero-order valence-corrected chi connectivity index (χ0v) is 18.9. The lowest BCUT2D eigenvalue weighted by atomic mass is 10.0. The number of nitrogens with two attached hydrogens (primary N) is 1. The highest BCUT2D eigenvalue weighted by Crippen LogP contribution is 2.40. The van der Waals surface area contributed by atoms with Gasteiger partial charge < -0.3 is 10.6 Å². The van der Waals surface area contributed by atoms with Crippen LogP contribution >= 0.6 is 11.3 Å². The van der Waals surface area contributed by atoms with Crippen molar-refractivity contribution in [1.82, 2.24) is 15.1 Å². The van der Waals surface area contributed by atoms with E-state index < -0.39 is 29.5 Å². The fraction of sp³-hybridized carbons (Fsp3) is 0.318. The van der Waals surface area contributed by atoms with Gasteiger partial charge in [0, 0.05) is 26.1 Å². The molecule has 1 aromatic heterocycles. The Hall–Kier alpha value is -2.99. The summed E-state index contributed by atoms with van der Waals surface area (Å²) in [4.78, 5) is 13.4. The molecule has 0 bridgehead atoms. The fourth-order valence-electron chi connectivity index (χ4n) is 3.21. The number of hydrogen-bond acceptors (Lipinski definition) is 5. The predicted octanol–water partition coefficient (Wildman–Crippen LogP) is 5.46. The number of likely N-dealkylation sites (N-methyl/N-ethyl adjacent to an activating group) is 1. The van der Waals surface area contributed by atoms with Crippen molar-refractivity contribution in [2.45, 2.75) is 38.3 Å². The highest BCUT2D eigenvalue weighted by molar-refractivity contribution is 7.14. The van der Waals surface area contributed by atoms with Gasteiger partial charge in [-0.15, -0.1) is 10.2 Å². The molecule has 0 radical (unpaired) electrons. The number of carbonyl (C=O) groups is 1. The van der Waals surface area contributed by atoms with E-state index in [-0.39, 0.29) is 27.6 Å². The van der Waals surface area contributed by atoms with Gasteiger partial charge in [0.05, 0.1) is 17.2 Å².